The summed E-state index contributed by atoms with van der Waals surface area (Å²) in [7, 11) is 0. The quantitative estimate of drug-likeness (QED) is 0.544. The van der Waals surface area contributed by atoms with Gasteiger partial charge in [-0.05, 0) is 22.8 Å². The van der Waals surface area contributed by atoms with E-state index < -0.39 is 0 Å². The van der Waals surface area contributed by atoms with Gasteiger partial charge in [-0.2, -0.15) is 0 Å². The van der Waals surface area contributed by atoms with Gasteiger partial charge in [0.2, 0.25) is 0 Å². The minimum Gasteiger partial charge on any atom is -0.115 e. The van der Waals surface area contributed by atoms with Crippen LogP contribution in [0, 0.1) is 12.3 Å². The SMILES string of the molecule is C#C/C=C/C=C(c1ccccc1)c1ccccc1. The Morgan fingerprint density at radius 1 is 0.833 bits per heavy atom. The third kappa shape index (κ3) is 2.99. The zero-order valence-corrected chi connectivity index (χ0v) is 10.1. The lowest BCUT2D eigenvalue weighted by molar-refractivity contribution is 1.55. The van der Waals surface area contributed by atoms with Crippen LogP contribution < -0.4 is 0 Å². The summed E-state index contributed by atoms with van der Waals surface area (Å²) < 4.78 is 0. The summed E-state index contributed by atoms with van der Waals surface area (Å²) in [6.07, 6.45) is 10.9. The Kier molecular flexibility index (Phi) is 4.16. The Morgan fingerprint density at radius 3 is 1.78 bits per heavy atom. The molecule has 18 heavy (non-hydrogen) atoms. The third-order valence-electron chi connectivity index (χ3n) is 2.62. The molecule has 0 unspecified atom stereocenters. The van der Waals surface area contributed by atoms with Crippen LogP contribution in [0.3, 0.4) is 0 Å². The van der Waals surface area contributed by atoms with Gasteiger partial charge >= 0.3 is 0 Å². The standard InChI is InChI=1S/C18H14/c1-2-3-6-15-18(16-11-7-4-8-12-16)17-13-9-5-10-14-17/h1,3-15H/b6-3+. The fourth-order valence-electron chi connectivity index (χ4n) is 1.79. The molecule has 0 bridgehead atoms. The van der Waals surface area contributed by atoms with Crippen LogP contribution in [-0.2, 0) is 0 Å². The van der Waals surface area contributed by atoms with E-state index in [-0.39, 0.29) is 0 Å². The molecule has 0 saturated heterocycles. The normalized spacial score (nSPS) is 9.94. The number of allylic oxidation sites excluding steroid dienone is 3. The van der Waals surface area contributed by atoms with Gasteiger partial charge in [-0.25, -0.2) is 0 Å². The molecule has 86 valence electrons. The van der Waals surface area contributed by atoms with Gasteiger partial charge in [0, 0.05) is 0 Å². The summed E-state index contributed by atoms with van der Waals surface area (Å²) in [6, 6.07) is 20.6. The highest BCUT2D eigenvalue weighted by Crippen LogP contribution is 2.22. The summed E-state index contributed by atoms with van der Waals surface area (Å²) in [5.74, 6) is 2.50. The van der Waals surface area contributed by atoms with Crippen LogP contribution in [0.1, 0.15) is 11.1 Å². The van der Waals surface area contributed by atoms with Crippen LogP contribution in [0.25, 0.3) is 5.57 Å². The number of terminal acetylenes is 1. The molecule has 0 aliphatic carbocycles. The van der Waals surface area contributed by atoms with Crippen molar-refractivity contribution in [3.8, 4) is 12.3 Å². The molecule has 0 spiro atoms. The summed E-state index contributed by atoms with van der Waals surface area (Å²) in [5, 5.41) is 0. The van der Waals surface area contributed by atoms with E-state index in [1.165, 1.54) is 16.7 Å². The summed E-state index contributed by atoms with van der Waals surface area (Å²) in [4.78, 5) is 0. The molecule has 0 aliphatic heterocycles. The molecule has 0 saturated carbocycles. The average molecular weight is 230 g/mol. The van der Waals surface area contributed by atoms with Crippen molar-refractivity contribution in [3.63, 3.8) is 0 Å². The first-order chi connectivity index (χ1) is 8.92. The van der Waals surface area contributed by atoms with E-state index in [1.54, 1.807) is 6.08 Å². The maximum atomic E-state index is 5.23. The highest BCUT2D eigenvalue weighted by Gasteiger charge is 2.02. The molecule has 0 amide bonds. The first-order valence-corrected chi connectivity index (χ1v) is 5.85. The molecular formula is C18H14. The van der Waals surface area contributed by atoms with Crippen molar-refractivity contribution in [1.29, 1.82) is 0 Å². The number of hydrogen-bond donors (Lipinski definition) is 0. The largest absolute Gasteiger partial charge is 0.115 e. The van der Waals surface area contributed by atoms with Crippen LogP contribution in [0.15, 0.2) is 78.9 Å². The molecular weight excluding hydrogens is 216 g/mol. The summed E-state index contributed by atoms with van der Waals surface area (Å²) >= 11 is 0. The molecule has 0 aromatic heterocycles. The highest BCUT2D eigenvalue weighted by molar-refractivity contribution is 5.80. The maximum absolute atomic E-state index is 5.23. The topological polar surface area (TPSA) is 0 Å². The minimum absolute atomic E-state index is 1.17. The highest BCUT2D eigenvalue weighted by atomic mass is 14.1. The Morgan fingerprint density at radius 2 is 1.33 bits per heavy atom. The monoisotopic (exact) mass is 230 g/mol. The Bertz CT molecular complexity index is 539. The number of benzene rings is 2. The smallest absolute Gasteiger partial charge is 0.0111 e. The molecule has 2 rings (SSSR count). The van der Waals surface area contributed by atoms with Crippen molar-refractivity contribution in [3.05, 3.63) is 90.0 Å². The zero-order valence-electron chi connectivity index (χ0n) is 10.1. The molecule has 0 atom stereocenters. The van der Waals surface area contributed by atoms with Crippen LogP contribution in [0.4, 0.5) is 0 Å². The predicted octanol–water partition coefficient (Wildman–Crippen LogP) is 4.31. The lowest BCUT2D eigenvalue weighted by atomic mass is 9.97. The van der Waals surface area contributed by atoms with Gasteiger partial charge in [-0.3, -0.25) is 0 Å². The van der Waals surface area contributed by atoms with E-state index in [1.807, 2.05) is 48.6 Å². The van der Waals surface area contributed by atoms with Crippen molar-refractivity contribution in [1.82, 2.24) is 0 Å². The van der Waals surface area contributed by atoms with Crippen LogP contribution in [0.5, 0.6) is 0 Å². The van der Waals surface area contributed by atoms with E-state index in [9.17, 15) is 0 Å². The van der Waals surface area contributed by atoms with E-state index in [2.05, 4.69) is 30.2 Å². The Labute approximate surface area is 108 Å². The van der Waals surface area contributed by atoms with Gasteiger partial charge in [0.1, 0.15) is 0 Å². The predicted molar refractivity (Wildman–Crippen MR) is 77.9 cm³/mol. The van der Waals surface area contributed by atoms with Crippen molar-refractivity contribution in [2.24, 2.45) is 0 Å². The fraction of sp³-hybridized carbons (Fsp3) is 0. The third-order valence-corrected chi connectivity index (χ3v) is 2.62. The summed E-state index contributed by atoms with van der Waals surface area (Å²) in [5.41, 5.74) is 3.54. The van der Waals surface area contributed by atoms with Crippen molar-refractivity contribution >= 4 is 5.57 Å². The molecule has 2 aromatic carbocycles. The van der Waals surface area contributed by atoms with E-state index in [4.69, 9.17) is 6.42 Å². The molecule has 0 heterocycles. The second-order valence-corrected chi connectivity index (χ2v) is 3.84. The van der Waals surface area contributed by atoms with E-state index in [0.29, 0.717) is 0 Å². The molecule has 0 aliphatic rings. The van der Waals surface area contributed by atoms with Gasteiger partial charge in [0.05, 0.1) is 0 Å². The first-order valence-electron chi connectivity index (χ1n) is 5.85. The lowest BCUT2D eigenvalue weighted by Gasteiger charge is -2.07. The Hall–Kier alpha value is -2.52. The lowest BCUT2D eigenvalue weighted by Crippen LogP contribution is -1.86. The van der Waals surface area contributed by atoms with Gasteiger partial charge in [-0.1, -0.05) is 78.7 Å². The molecule has 2 aromatic rings. The van der Waals surface area contributed by atoms with Gasteiger partial charge in [-0.15, -0.1) is 6.42 Å². The van der Waals surface area contributed by atoms with Crippen molar-refractivity contribution in [2.75, 3.05) is 0 Å². The second-order valence-electron chi connectivity index (χ2n) is 3.84. The average Bonchev–Trinajstić information content (AvgIpc) is 2.46. The van der Waals surface area contributed by atoms with E-state index >= 15 is 0 Å². The minimum atomic E-state index is 1.17. The summed E-state index contributed by atoms with van der Waals surface area (Å²) in [6.45, 7) is 0. The van der Waals surface area contributed by atoms with Crippen LogP contribution >= 0.6 is 0 Å². The number of rotatable bonds is 3. The number of hydrogen-bond acceptors (Lipinski definition) is 0. The van der Waals surface area contributed by atoms with Gasteiger partial charge in [0.15, 0.2) is 0 Å². The molecule has 0 N–H and O–H groups in total. The molecule has 0 fully saturated rings. The molecule has 0 radical (unpaired) electrons. The van der Waals surface area contributed by atoms with Gasteiger partial charge < -0.3 is 0 Å². The van der Waals surface area contributed by atoms with Crippen molar-refractivity contribution < 1.29 is 0 Å². The van der Waals surface area contributed by atoms with E-state index in [0.717, 1.165) is 0 Å². The fourth-order valence-corrected chi connectivity index (χ4v) is 1.79. The first kappa shape index (κ1) is 12.0. The van der Waals surface area contributed by atoms with Crippen LogP contribution in [-0.4, -0.2) is 0 Å². The maximum Gasteiger partial charge on any atom is -0.0111 e. The van der Waals surface area contributed by atoms with Crippen molar-refractivity contribution in [2.45, 2.75) is 0 Å². The van der Waals surface area contributed by atoms with Gasteiger partial charge in [0.25, 0.3) is 0 Å². The molecule has 0 nitrogen and oxygen atoms in total. The van der Waals surface area contributed by atoms with Crippen LogP contribution in [0.2, 0.25) is 0 Å². The zero-order chi connectivity index (χ0) is 12.6. The molecule has 0 heteroatoms. The Balaban J connectivity index is 2.46. The second kappa shape index (κ2) is 6.27.